The van der Waals surface area contributed by atoms with Crippen LogP contribution in [0.3, 0.4) is 0 Å². The first kappa shape index (κ1) is 24.8. The summed E-state index contributed by atoms with van der Waals surface area (Å²) in [4.78, 5) is 7.03. The van der Waals surface area contributed by atoms with Gasteiger partial charge in [0.05, 0.1) is 24.9 Å². The van der Waals surface area contributed by atoms with Gasteiger partial charge >= 0.3 is 0 Å². The molecular formula is C30H33N5OS. The summed E-state index contributed by atoms with van der Waals surface area (Å²) < 4.78 is 7.79. The number of nitrogens with one attached hydrogen (secondary N) is 2. The smallest absolute Gasteiger partial charge is 0.170 e. The van der Waals surface area contributed by atoms with Gasteiger partial charge in [0.2, 0.25) is 0 Å². The third-order valence-electron chi connectivity index (χ3n) is 6.98. The molecule has 2 N–H and O–H groups in total. The van der Waals surface area contributed by atoms with Crippen LogP contribution < -0.4 is 15.4 Å². The fourth-order valence-corrected chi connectivity index (χ4v) is 5.59. The molecule has 0 aliphatic carbocycles. The molecule has 2 aromatic carbocycles. The number of hydrogen-bond acceptors (Lipinski definition) is 4. The number of benzene rings is 2. The fraction of sp³-hybridized carbons (Fsp3) is 0.267. The van der Waals surface area contributed by atoms with E-state index in [2.05, 4.69) is 70.3 Å². The van der Waals surface area contributed by atoms with Crippen LogP contribution in [-0.2, 0) is 0 Å². The lowest BCUT2D eigenvalue weighted by Crippen LogP contribution is -2.31. The lowest BCUT2D eigenvalue weighted by Gasteiger charge is -2.28. The van der Waals surface area contributed by atoms with Crippen molar-refractivity contribution < 1.29 is 4.74 Å². The summed E-state index contributed by atoms with van der Waals surface area (Å²) in [5.74, 6) is 0.842. The molecule has 0 radical (unpaired) electrons. The van der Waals surface area contributed by atoms with Crippen molar-refractivity contribution in [3.63, 3.8) is 0 Å². The molecule has 1 aliphatic heterocycles. The van der Waals surface area contributed by atoms with Crippen LogP contribution in [0.4, 0.5) is 5.69 Å². The van der Waals surface area contributed by atoms with Crippen LogP contribution in [0.25, 0.3) is 5.69 Å². The van der Waals surface area contributed by atoms with Crippen LogP contribution in [0.15, 0.2) is 85.1 Å². The second-order valence-corrected chi connectivity index (χ2v) is 9.72. The normalized spacial score (nSPS) is 17.1. The molecule has 1 aliphatic rings. The first-order chi connectivity index (χ1) is 18.1. The number of pyridine rings is 1. The molecule has 1 saturated heterocycles. The van der Waals surface area contributed by atoms with E-state index in [1.54, 1.807) is 7.11 Å². The lowest BCUT2D eigenvalue weighted by molar-refractivity contribution is 0.315. The van der Waals surface area contributed by atoms with E-state index in [9.17, 15) is 0 Å². The van der Waals surface area contributed by atoms with Crippen molar-refractivity contribution in [3.05, 3.63) is 108 Å². The van der Waals surface area contributed by atoms with Gasteiger partial charge in [0.15, 0.2) is 5.11 Å². The highest BCUT2D eigenvalue weighted by atomic mass is 32.1. The predicted octanol–water partition coefficient (Wildman–Crippen LogP) is 5.97. The van der Waals surface area contributed by atoms with Gasteiger partial charge in [-0.15, -0.1) is 0 Å². The Balaban J connectivity index is 1.46. The monoisotopic (exact) mass is 511 g/mol. The molecule has 5 rings (SSSR count). The number of thiocarbonyl (C=S) groups is 1. The average molecular weight is 512 g/mol. The largest absolute Gasteiger partial charge is 0.497 e. The standard InChI is InChI=1S/C30H33N5OS/c1-21-19-26(22(2)35(21)24-13-9-14-25(20-24)36-3)29-28(27-15-7-8-16-32-27)33-30(37)34(29)18-10-17-31-23-11-5-4-6-12-23/h4-9,11-16,19-20,28-29,31H,10,17-18H2,1-3H3,(H,33,37)/t28-,29-/m1/s1. The highest BCUT2D eigenvalue weighted by Gasteiger charge is 2.41. The number of para-hydroxylation sites is 1. The Hall–Kier alpha value is -3.84. The van der Waals surface area contributed by atoms with Crippen LogP contribution in [-0.4, -0.2) is 39.8 Å². The molecule has 37 heavy (non-hydrogen) atoms. The number of aryl methyl sites for hydroxylation is 1. The van der Waals surface area contributed by atoms with E-state index in [0.29, 0.717) is 0 Å². The van der Waals surface area contributed by atoms with Crippen molar-refractivity contribution in [1.82, 2.24) is 19.8 Å². The van der Waals surface area contributed by atoms with Gasteiger partial charge in [-0.25, -0.2) is 0 Å². The van der Waals surface area contributed by atoms with E-state index in [-0.39, 0.29) is 12.1 Å². The summed E-state index contributed by atoms with van der Waals surface area (Å²) in [6.07, 6.45) is 2.81. The first-order valence-electron chi connectivity index (χ1n) is 12.7. The molecule has 2 aromatic heterocycles. The molecule has 7 heteroatoms. The van der Waals surface area contributed by atoms with Gasteiger partial charge in [-0.1, -0.05) is 30.3 Å². The number of nitrogens with zero attached hydrogens (tertiary/aromatic N) is 3. The van der Waals surface area contributed by atoms with Crippen LogP contribution in [0, 0.1) is 13.8 Å². The maximum atomic E-state index is 5.89. The summed E-state index contributed by atoms with van der Waals surface area (Å²) in [6.45, 7) is 6.05. The molecule has 3 heterocycles. The van der Waals surface area contributed by atoms with Crippen molar-refractivity contribution in [1.29, 1.82) is 0 Å². The van der Waals surface area contributed by atoms with Crippen molar-refractivity contribution in [3.8, 4) is 11.4 Å². The van der Waals surface area contributed by atoms with Crippen LogP contribution in [0.1, 0.15) is 41.1 Å². The van der Waals surface area contributed by atoms with Crippen molar-refractivity contribution in [2.45, 2.75) is 32.4 Å². The highest BCUT2D eigenvalue weighted by molar-refractivity contribution is 7.80. The van der Waals surface area contributed by atoms with Crippen LogP contribution in [0.2, 0.25) is 0 Å². The summed E-state index contributed by atoms with van der Waals surface area (Å²) in [5.41, 5.74) is 6.82. The minimum atomic E-state index is -0.0324. The van der Waals surface area contributed by atoms with Crippen LogP contribution in [0.5, 0.6) is 5.75 Å². The molecule has 190 valence electrons. The zero-order chi connectivity index (χ0) is 25.8. The second kappa shape index (κ2) is 11.0. The van der Waals surface area contributed by atoms with Gasteiger partial charge in [0, 0.05) is 48.1 Å². The van der Waals surface area contributed by atoms with Gasteiger partial charge in [-0.05, 0) is 80.5 Å². The Kier molecular flexibility index (Phi) is 7.42. The Morgan fingerprint density at radius 3 is 2.57 bits per heavy atom. The summed E-state index contributed by atoms with van der Waals surface area (Å²) in [7, 11) is 1.70. The summed E-state index contributed by atoms with van der Waals surface area (Å²) >= 11 is 5.89. The topological polar surface area (TPSA) is 54.4 Å². The quantitative estimate of drug-likeness (QED) is 0.213. The SMILES string of the molecule is COc1cccc(-n2c(C)cc([C@@H]3[C@@H](c4ccccn4)NC(=S)N3CCCNc3ccccc3)c2C)c1. The zero-order valence-electron chi connectivity index (χ0n) is 21.5. The van der Waals surface area contributed by atoms with E-state index in [1.807, 2.05) is 48.7 Å². The number of hydrogen-bond donors (Lipinski definition) is 2. The number of methoxy groups -OCH3 is 1. The summed E-state index contributed by atoms with van der Waals surface area (Å²) in [6, 6.07) is 26.9. The minimum Gasteiger partial charge on any atom is -0.497 e. The van der Waals surface area contributed by atoms with Gasteiger partial charge in [0.1, 0.15) is 5.75 Å². The maximum absolute atomic E-state index is 5.89. The van der Waals surface area contributed by atoms with Crippen LogP contribution >= 0.6 is 12.2 Å². The Labute approximate surface area is 224 Å². The van der Waals surface area contributed by atoms with Gasteiger partial charge in [0.25, 0.3) is 0 Å². The Morgan fingerprint density at radius 1 is 1.00 bits per heavy atom. The zero-order valence-corrected chi connectivity index (χ0v) is 22.3. The van der Waals surface area contributed by atoms with Gasteiger partial charge in [-0.2, -0.15) is 0 Å². The Bertz CT molecular complexity index is 1360. The second-order valence-electron chi connectivity index (χ2n) is 9.33. The summed E-state index contributed by atoms with van der Waals surface area (Å²) in [5, 5.41) is 7.88. The maximum Gasteiger partial charge on any atom is 0.170 e. The first-order valence-corrected chi connectivity index (χ1v) is 13.1. The van der Waals surface area contributed by atoms with E-state index in [0.717, 1.165) is 47.4 Å². The van der Waals surface area contributed by atoms with E-state index < -0.39 is 0 Å². The minimum absolute atomic E-state index is 0.0321. The van der Waals surface area contributed by atoms with Crippen molar-refractivity contribution in [2.24, 2.45) is 0 Å². The molecule has 0 spiro atoms. The molecule has 6 nitrogen and oxygen atoms in total. The molecule has 0 saturated carbocycles. The average Bonchev–Trinajstić information content (AvgIpc) is 3.42. The molecular weight excluding hydrogens is 478 g/mol. The lowest BCUT2D eigenvalue weighted by atomic mass is 9.96. The number of ether oxygens (including phenoxy) is 1. The molecule has 0 unspecified atom stereocenters. The molecule has 2 atom stereocenters. The number of rotatable bonds is 9. The van der Waals surface area contributed by atoms with E-state index in [4.69, 9.17) is 21.9 Å². The van der Waals surface area contributed by atoms with E-state index in [1.165, 1.54) is 17.0 Å². The number of aromatic nitrogens is 2. The van der Waals surface area contributed by atoms with Gasteiger partial charge < -0.3 is 24.8 Å². The van der Waals surface area contributed by atoms with Gasteiger partial charge in [-0.3, -0.25) is 4.98 Å². The van der Waals surface area contributed by atoms with Crippen molar-refractivity contribution in [2.75, 3.05) is 25.5 Å². The fourth-order valence-electron chi connectivity index (χ4n) is 5.26. The Morgan fingerprint density at radius 2 is 1.81 bits per heavy atom. The van der Waals surface area contributed by atoms with Crippen molar-refractivity contribution >= 4 is 23.0 Å². The molecule has 0 amide bonds. The number of anilines is 1. The highest BCUT2D eigenvalue weighted by Crippen LogP contribution is 2.41. The molecule has 0 bridgehead atoms. The third kappa shape index (κ3) is 5.18. The van der Waals surface area contributed by atoms with E-state index >= 15 is 0 Å². The third-order valence-corrected chi connectivity index (χ3v) is 7.33. The predicted molar refractivity (Wildman–Crippen MR) is 154 cm³/mol. The molecule has 1 fully saturated rings. The molecule has 4 aromatic rings.